The van der Waals surface area contributed by atoms with E-state index in [1.54, 1.807) is 31.2 Å². The van der Waals surface area contributed by atoms with E-state index >= 15 is 0 Å². The van der Waals surface area contributed by atoms with E-state index in [2.05, 4.69) is 5.32 Å². The maximum Gasteiger partial charge on any atom is 0.338 e. The zero-order chi connectivity index (χ0) is 21.3. The maximum absolute atomic E-state index is 12.3. The summed E-state index contributed by atoms with van der Waals surface area (Å²) in [5, 5.41) is 2.87. The SMILES string of the molecule is CCOC(=O)c1cc2c(c(CSCC(=O)Nc3ccc(OCC)cc3)c1)OCOC2. The van der Waals surface area contributed by atoms with E-state index in [9.17, 15) is 9.59 Å². The number of nitrogens with one attached hydrogen (secondary N) is 1. The molecule has 2 aromatic carbocycles. The molecule has 3 rings (SSSR count). The first-order chi connectivity index (χ1) is 14.6. The van der Waals surface area contributed by atoms with Gasteiger partial charge < -0.3 is 24.3 Å². The van der Waals surface area contributed by atoms with E-state index < -0.39 is 0 Å². The Labute approximate surface area is 180 Å². The van der Waals surface area contributed by atoms with Crippen LogP contribution in [0, 0.1) is 0 Å². The van der Waals surface area contributed by atoms with Crippen LogP contribution in [0.25, 0.3) is 0 Å². The summed E-state index contributed by atoms with van der Waals surface area (Å²) in [6, 6.07) is 10.7. The zero-order valence-corrected chi connectivity index (χ0v) is 17.9. The highest BCUT2D eigenvalue weighted by atomic mass is 32.2. The van der Waals surface area contributed by atoms with E-state index in [-0.39, 0.29) is 24.4 Å². The zero-order valence-electron chi connectivity index (χ0n) is 17.1. The molecule has 0 bridgehead atoms. The molecule has 1 aliphatic rings. The van der Waals surface area contributed by atoms with Crippen molar-refractivity contribution in [2.45, 2.75) is 26.2 Å². The molecule has 0 aromatic heterocycles. The van der Waals surface area contributed by atoms with E-state index in [1.165, 1.54) is 11.8 Å². The molecule has 0 fully saturated rings. The minimum Gasteiger partial charge on any atom is -0.494 e. The van der Waals surface area contributed by atoms with Gasteiger partial charge in [-0.25, -0.2) is 4.79 Å². The molecule has 0 radical (unpaired) electrons. The lowest BCUT2D eigenvalue weighted by Gasteiger charge is -2.21. The number of fused-ring (bicyclic) bond motifs is 1. The summed E-state index contributed by atoms with van der Waals surface area (Å²) in [6.45, 7) is 5.13. The van der Waals surface area contributed by atoms with Crippen molar-refractivity contribution in [1.29, 1.82) is 0 Å². The summed E-state index contributed by atoms with van der Waals surface area (Å²) < 4.78 is 21.5. The van der Waals surface area contributed by atoms with Crippen molar-refractivity contribution < 1.29 is 28.5 Å². The number of anilines is 1. The third-order valence-electron chi connectivity index (χ3n) is 4.24. The first kappa shape index (κ1) is 22.0. The summed E-state index contributed by atoms with van der Waals surface area (Å²) in [5.74, 6) is 1.78. The Bertz CT molecular complexity index is 884. The summed E-state index contributed by atoms with van der Waals surface area (Å²) in [4.78, 5) is 24.4. The summed E-state index contributed by atoms with van der Waals surface area (Å²) in [6.07, 6.45) is 0. The molecular formula is C22H25NO6S. The predicted octanol–water partition coefficient (Wildman–Crippen LogP) is 4.00. The van der Waals surface area contributed by atoms with Crippen molar-refractivity contribution in [2.75, 3.05) is 31.1 Å². The first-order valence-corrected chi connectivity index (χ1v) is 10.9. The molecule has 160 valence electrons. The molecule has 0 saturated carbocycles. The molecule has 0 atom stereocenters. The van der Waals surface area contributed by atoms with Gasteiger partial charge >= 0.3 is 5.97 Å². The number of carbonyl (C=O) groups is 2. The molecule has 1 aliphatic heterocycles. The fourth-order valence-electron chi connectivity index (χ4n) is 2.99. The Balaban J connectivity index is 1.59. The number of thioether (sulfide) groups is 1. The molecule has 2 aromatic rings. The van der Waals surface area contributed by atoms with Gasteiger partial charge in [0.15, 0.2) is 6.79 Å². The molecule has 0 aliphatic carbocycles. The smallest absolute Gasteiger partial charge is 0.338 e. The Morgan fingerprint density at radius 3 is 2.67 bits per heavy atom. The number of carbonyl (C=O) groups excluding carboxylic acids is 2. The normalized spacial score (nSPS) is 12.5. The topological polar surface area (TPSA) is 83.1 Å². The second kappa shape index (κ2) is 10.9. The average molecular weight is 432 g/mol. The molecule has 1 heterocycles. The molecule has 0 spiro atoms. The fourth-order valence-corrected chi connectivity index (χ4v) is 3.78. The van der Waals surface area contributed by atoms with Crippen LogP contribution in [0.4, 0.5) is 5.69 Å². The van der Waals surface area contributed by atoms with Crippen LogP contribution in [0.1, 0.15) is 35.3 Å². The van der Waals surface area contributed by atoms with Gasteiger partial charge in [-0.3, -0.25) is 4.79 Å². The second-order valence-electron chi connectivity index (χ2n) is 6.45. The molecular weight excluding hydrogens is 406 g/mol. The number of benzene rings is 2. The van der Waals surface area contributed by atoms with Crippen molar-refractivity contribution in [3.05, 3.63) is 53.1 Å². The average Bonchev–Trinajstić information content (AvgIpc) is 2.75. The van der Waals surface area contributed by atoms with Gasteiger partial charge in [0, 0.05) is 22.6 Å². The van der Waals surface area contributed by atoms with Crippen molar-refractivity contribution in [1.82, 2.24) is 0 Å². The lowest BCUT2D eigenvalue weighted by Crippen LogP contribution is -2.16. The Morgan fingerprint density at radius 1 is 1.13 bits per heavy atom. The number of amides is 1. The van der Waals surface area contributed by atoms with Crippen molar-refractivity contribution >= 4 is 29.3 Å². The molecule has 30 heavy (non-hydrogen) atoms. The lowest BCUT2D eigenvalue weighted by atomic mass is 10.0. The van der Waals surface area contributed by atoms with Crippen molar-refractivity contribution in [3.8, 4) is 11.5 Å². The van der Waals surface area contributed by atoms with Gasteiger partial charge in [-0.05, 0) is 50.2 Å². The maximum atomic E-state index is 12.3. The van der Waals surface area contributed by atoms with Gasteiger partial charge in [-0.15, -0.1) is 11.8 Å². The largest absolute Gasteiger partial charge is 0.494 e. The molecule has 1 N–H and O–H groups in total. The van der Waals surface area contributed by atoms with E-state index in [0.717, 1.165) is 16.9 Å². The highest BCUT2D eigenvalue weighted by Gasteiger charge is 2.20. The number of ether oxygens (including phenoxy) is 4. The minimum atomic E-state index is -0.384. The fraction of sp³-hybridized carbons (Fsp3) is 0.364. The highest BCUT2D eigenvalue weighted by molar-refractivity contribution is 7.99. The van der Waals surface area contributed by atoms with Crippen LogP contribution >= 0.6 is 11.8 Å². The highest BCUT2D eigenvalue weighted by Crippen LogP contribution is 2.32. The second-order valence-corrected chi connectivity index (χ2v) is 7.44. The van der Waals surface area contributed by atoms with Crippen LogP contribution in [0.2, 0.25) is 0 Å². The molecule has 0 unspecified atom stereocenters. The van der Waals surface area contributed by atoms with Gasteiger partial charge in [-0.2, -0.15) is 0 Å². The van der Waals surface area contributed by atoms with Crippen LogP contribution < -0.4 is 14.8 Å². The Morgan fingerprint density at radius 2 is 1.93 bits per heavy atom. The third kappa shape index (κ3) is 5.90. The van der Waals surface area contributed by atoms with Gasteiger partial charge in [0.2, 0.25) is 5.91 Å². The van der Waals surface area contributed by atoms with Crippen LogP contribution in [0.5, 0.6) is 11.5 Å². The van der Waals surface area contributed by atoms with Crippen molar-refractivity contribution in [2.24, 2.45) is 0 Å². The summed E-state index contributed by atoms with van der Waals surface area (Å²) in [7, 11) is 0. The summed E-state index contributed by atoms with van der Waals surface area (Å²) >= 11 is 1.44. The first-order valence-electron chi connectivity index (χ1n) is 9.74. The van der Waals surface area contributed by atoms with Crippen LogP contribution in [-0.4, -0.2) is 37.6 Å². The van der Waals surface area contributed by atoms with E-state index in [4.69, 9.17) is 18.9 Å². The predicted molar refractivity (Wildman–Crippen MR) is 115 cm³/mol. The lowest BCUT2D eigenvalue weighted by molar-refractivity contribution is -0.113. The number of hydrogen-bond acceptors (Lipinski definition) is 7. The van der Waals surface area contributed by atoms with Gasteiger partial charge in [-0.1, -0.05) is 0 Å². The van der Waals surface area contributed by atoms with E-state index in [1.807, 2.05) is 19.1 Å². The molecule has 8 heteroatoms. The number of hydrogen-bond donors (Lipinski definition) is 1. The summed E-state index contributed by atoms with van der Waals surface area (Å²) in [5.41, 5.74) is 2.82. The van der Waals surface area contributed by atoms with E-state index in [0.29, 0.717) is 42.6 Å². The number of esters is 1. The Kier molecular flexibility index (Phi) is 7.98. The third-order valence-corrected chi connectivity index (χ3v) is 5.22. The van der Waals surface area contributed by atoms with Gasteiger partial charge in [0.05, 0.1) is 31.1 Å². The number of rotatable bonds is 9. The monoisotopic (exact) mass is 431 g/mol. The minimum absolute atomic E-state index is 0.108. The standard InChI is InChI=1S/C22H25NO6S/c1-3-27-19-7-5-18(6-8-19)23-20(24)13-30-12-17-10-15(22(25)28-4-2)9-16-11-26-14-29-21(16)17/h5-10H,3-4,11-14H2,1-2H3,(H,23,24). The Hall–Kier alpha value is -2.71. The molecule has 1 amide bonds. The quantitative estimate of drug-likeness (QED) is 0.601. The molecule has 0 saturated heterocycles. The van der Waals surface area contributed by atoms with Crippen LogP contribution in [0.3, 0.4) is 0 Å². The van der Waals surface area contributed by atoms with Crippen molar-refractivity contribution in [3.63, 3.8) is 0 Å². The van der Waals surface area contributed by atoms with Crippen LogP contribution in [-0.2, 0) is 26.6 Å². The van der Waals surface area contributed by atoms with Gasteiger partial charge in [0.25, 0.3) is 0 Å². The molecule has 7 nitrogen and oxygen atoms in total. The van der Waals surface area contributed by atoms with Gasteiger partial charge in [0.1, 0.15) is 11.5 Å². The van der Waals surface area contributed by atoms with Crippen LogP contribution in [0.15, 0.2) is 36.4 Å².